The normalized spacial score (nSPS) is 10.8. The molecule has 0 spiro atoms. The van der Waals surface area contributed by atoms with Gasteiger partial charge in [0.15, 0.2) is 0 Å². The molecule has 2 heteroatoms. The van der Waals surface area contributed by atoms with Crippen molar-refractivity contribution in [2.75, 3.05) is 6.07 Å². The van der Waals surface area contributed by atoms with E-state index in [4.69, 9.17) is 16.3 Å². The Bertz CT molecular complexity index is 309. The number of hydrogen-bond acceptors (Lipinski definition) is 1. The highest BCUT2D eigenvalue weighted by Gasteiger charge is 2.08. The maximum atomic E-state index is 5.58. The van der Waals surface area contributed by atoms with Crippen molar-refractivity contribution in [2.24, 2.45) is 0 Å². The largest absolute Gasteiger partial charge is 0.361 e. The second kappa shape index (κ2) is 6.93. The zero-order valence-electron chi connectivity index (χ0n) is 10.5. The fourth-order valence-electron chi connectivity index (χ4n) is 2.03. The summed E-state index contributed by atoms with van der Waals surface area (Å²) in [5.74, 6) is 0. The molecule has 1 nitrogen and oxygen atoms in total. The van der Waals surface area contributed by atoms with Crippen molar-refractivity contribution in [1.29, 1.82) is 0 Å². The fourth-order valence-corrected chi connectivity index (χ4v) is 2.11. The molecule has 0 aliphatic heterocycles. The number of alkyl halides is 1. The van der Waals surface area contributed by atoms with Crippen molar-refractivity contribution < 1.29 is 4.74 Å². The zero-order chi connectivity index (χ0) is 12.0. The molecule has 16 heavy (non-hydrogen) atoms. The third kappa shape index (κ3) is 3.23. The lowest BCUT2D eigenvalue weighted by Gasteiger charge is -2.15. The van der Waals surface area contributed by atoms with Gasteiger partial charge in [-0.05, 0) is 41.5 Å². The van der Waals surface area contributed by atoms with Crippen LogP contribution in [0.1, 0.15) is 43.0 Å². The Morgan fingerprint density at radius 3 is 1.94 bits per heavy atom. The third-order valence-electron chi connectivity index (χ3n) is 2.99. The lowest BCUT2D eigenvalue weighted by molar-refractivity contribution is 0.164. The van der Waals surface area contributed by atoms with Crippen LogP contribution in [0.25, 0.3) is 0 Å². The van der Waals surface area contributed by atoms with E-state index < -0.39 is 0 Å². The first kappa shape index (κ1) is 13.5. The molecule has 0 aliphatic rings. The predicted octanol–water partition coefficient (Wildman–Crippen LogP) is 4.09. The summed E-state index contributed by atoms with van der Waals surface area (Å²) in [5, 5.41) is 0. The van der Waals surface area contributed by atoms with Crippen molar-refractivity contribution >= 4 is 11.6 Å². The average molecular weight is 241 g/mol. The van der Waals surface area contributed by atoms with Crippen LogP contribution in [0.15, 0.2) is 12.1 Å². The zero-order valence-corrected chi connectivity index (χ0v) is 11.2. The molecule has 0 N–H and O–H groups in total. The summed E-state index contributed by atoms with van der Waals surface area (Å²) < 4.78 is 5.34. The first-order chi connectivity index (χ1) is 7.76. The molecule has 0 atom stereocenters. The van der Waals surface area contributed by atoms with Crippen LogP contribution in [-0.2, 0) is 30.6 Å². The van der Waals surface area contributed by atoms with Gasteiger partial charge >= 0.3 is 0 Å². The minimum Gasteiger partial charge on any atom is -0.361 e. The van der Waals surface area contributed by atoms with Crippen molar-refractivity contribution in [1.82, 2.24) is 0 Å². The van der Waals surface area contributed by atoms with E-state index >= 15 is 0 Å². The molecule has 0 amide bonds. The van der Waals surface area contributed by atoms with Crippen molar-refractivity contribution in [2.45, 2.75) is 46.6 Å². The third-order valence-corrected chi connectivity index (χ3v) is 3.14. The highest BCUT2D eigenvalue weighted by molar-refractivity contribution is 6.17. The summed E-state index contributed by atoms with van der Waals surface area (Å²) in [7, 11) is 0. The Hall–Kier alpha value is -0.530. The smallest absolute Gasteiger partial charge is 0.121 e. The number of benzene rings is 1. The van der Waals surface area contributed by atoms with E-state index in [0.29, 0.717) is 6.61 Å². The van der Waals surface area contributed by atoms with Crippen LogP contribution in [0.4, 0.5) is 0 Å². The summed E-state index contributed by atoms with van der Waals surface area (Å²) in [6.07, 6.45) is 3.21. The van der Waals surface area contributed by atoms with Crippen LogP contribution in [0.3, 0.4) is 0 Å². The number of aryl methyl sites for hydroxylation is 3. The highest BCUT2D eigenvalue weighted by atomic mass is 35.5. The topological polar surface area (TPSA) is 9.23 Å². The molecule has 0 aromatic heterocycles. The summed E-state index contributed by atoms with van der Waals surface area (Å²) >= 11 is 5.58. The molecule has 0 radical (unpaired) electrons. The fraction of sp³-hybridized carbons (Fsp3) is 0.571. The van der Waals surface area contributed by atoms with Gasteiger partial charge in [-0.2, -0.15) is 0 Å². The molecule has 0 bridgehead atoms. The minimum absolute atomic E-state index is 0.266. The van der Waals surface area contributed by atoms with E-state index in [0.717, 1.165) is 19.3 Å². The first-order valence-electron chi connectivity index (χ1n) is 6.03. The average Bonchev–Trinajstić information content (AvgIpc) is 2.35. The minimum atomic E-state index is 0.266. The molecule has 0 aliphatic carbocycles. The monoisotopic (exact) mass is 240 g/mol. The van der Waals surface area contributed by atoms with Crippen molar-refractivity contribution in [3.8, 4) is 0 Å². The maximum absolute atomic E-state index is 5.58. The number of ether oxygens (including phenoxy) is 1. The van der Waals surface area contributed by atoms with Gasteiger partial charge in [0.1, 0.15) is 6.07 Å². The molecule has 90 valence electrons. The molecule has 1 aromatic rings. The van der Waals surface area contributed by atoms with E-state index in [2.05, 4.69) is 32.9 Å². The number of rotatable bonds is 6. The molecule has 0 heterocycles. The molecule has 0 saturated carbocycles. The van der Waals surface area contributed by atoms with Crippen molar-refractivity contribution in [3.05, 3.63) is 34.4 Å². The highest BCUT2D eigenvalue weighted by Crippen LogP contribution is 2.21. The van der Waals surface area contributed by atoms with Gasteiger partial charge < -0.3 is 4.74 Å². The number of hydrogen-bond donors (Lipinski definition) is 0. The lowest BCUT2D eigenvalue weighted by Crippen LogP contribution is -2.03. The van der Waals surface area contributed by atoms with Crippen LogP contribution < -0.4 is 0 Å². The summed E-state index contributed by atoms with van der Waals surface area (Å²) in [6, 6.07) is 4.86. The van der Waals surface area contributed by atoms with Crippen LogP contribution in [0.5, 0.6) is 0 Å². The van der Waals surface area contributed by atoms with Gasteiger partial charge in [0.2, 0.25) is 0 Å². The van der Waals surface area contributed by atoms with E-state index in [9.17, 15) is 0 Å². The van der Waals surface area contributed by atoms with E-state index in [1.165, 1.54) is 22.3 Å². The van der Waals surface area contributed by atoms with Gasteiger partial charge in [0, 0.05) is 0 Å². The summed E-state index contributed by atoms with van der Waals surface area (Å²) in [5.41, 5.74) is 5.56. The van der Waals surface area contributed by atoms with Gasteiger partial charge in [0.05, 0.1) is 6.61 Å². The van der Waals surface area contributed by atoms with Crippen LogP contribution in [-0.4, -0.2) is 6.07 Å². The van der Waals surface area contributed by atoms with E-state index in [1.807, 2.05) is 0 Å². The van der Waals surface area contributed by atoms with Crippen LogP contribution in [0.2, 0.25) is 0 Å². The SMILES string of the molecule is CCc1cc(CC)c(COCCl)c(CC)c1. The molecule has 0 fully saturated rings. The summed E-state index contributed by atoms with van der Waals surface area (Å²) in [6.45, 7) is 7.22. The van der Waals surface area contributed by atoms with Gasteiger partial charge in [0.25, 0.3) is 0 Å². The quantitative estimate of drug-likeness (QED) is 0.681. The molecule has 1 aromatic carbocycles. The van der Waals surface area contributed by atoms with Crippen LogP contribution in [0, 0.1) is 0 Å². The molecule has 1 rings (SSSR count). The molecule has 0 unspecified atom stereocenters. The van der Waals surface area contributed by atoms with Crippen LogP contribution >= 0.6 is 11.6 Å². The second-order valence-corrected chi connectivity index (χ2v) is 4.13. The Balaban J connectivity index is 3.09. The maximum Gasteiger partial charge on any atom is 0.121 e. The Morgan fingerprint density at radius 2 is 1.56 bits per heavy atom. The lowest BCUT2D eigenvalue weighted by atomic mass is 9.94. The van der Waals surface area contributed by atoms with E-state index in [1.54, 1.807) is 0 Å². The standard InChI is InChI=1S/C14H21ClO/c1-4-11-7-12(5-2)14(9-16-10-15)13(6-3)8-11/h7-8H,4-6,9-10H2,1-3H3. The Morgan fingerprint density at radius 1 is 1.00 bits per heavy atom. The molecule has 0 saturated heterocycles. The predicted molar refractivity (Wildman–Crippen MR) is 70.1 cm³/mol. The molecular weight excluding hydrogens is 220 g/mol. The van der Waals surface area contributed by atoms with E-state index in [-0.39, 0.29) is 6.07 Å². The Labute approximate surface area is 104 Å². The van der Waals surface area contributed by atoms with Gasteiger partial charge in [-0.15, -0.1) is 0 Å². The van der Waals surface area contributed by atoms with Crippen molar-refractivity contribution in [3.63, 3.8) is 0 Å². The second-order valence-electron chi connectivity index (χ2n) is 3.91. The number of halogens is 1. The summed E-state index contributed by atoms with van der Waals surface area (Å²) in [4.78, 5) is 0. The van der Waals surface area contributed by atoms with Gasteiger partial charge in [-0.1, -0.05) is 44.5 Å². The first-order valence-corrected chi connectivity index (χ1v) is 6.57. The Kier molecular flexibility index (Phi) is 5.86. The van der Waals surface area contributed by atoms with Gasteiger partial charge in [-0.3, -0.25) is 0 Å². The molecular formula is C14H21ClO. The van der Waals surface area contributed by atoms with Gasteiger partial charge in [-0.25, -0.2) is 0 Å².